The van der Waals surface area contributed by atoms with Crippen molar-refractivity contribution in [2.24, 2.45) is 0 Å². The molecule has 0 amide bonds. The lowest BCUT2D eigenvalue weighted by atomic mass is 10.1. The van der Waals surface area contributed by atoms with E-state index in [2.05, 4.69) is 20.7 Å². The summed E-state index contributed by atoms with van der Waals surface area (Å²) >= 11 is 3.36. The van der Waals surface area contributed by atoms with Crippen molar-refractivity contribution in [2.75, 3.05) is 11.8 Å². The molecule has 1 aliphatic rings. The van der Waals surface area contributed by atoms with Crippen LogP contribution < -0.4 is 14.2 Å². The van der Waals surface area contributed by atoms with Crippen LogP contribution in [0.15, 0.2) is 70.5 Å². The molecule has 1 aliphatic heterocycles. The van der Waals surface area contributed by atoms with Gasteiger partial charge in [0, 0.05) is 16.1 Å². The molecule has 34 heavy (non-hydrogen) atoms. The van der Waals surface area contributed by atoms with Gasteiger partial charge in [-0.1, -0.05) is 22.0 Å². The SMILES string of the molecule is COc1ccc(C(=O)OC2=CS(=O)(=O)Nc3ccc(Oc4cccc(Br)c4)cc32)cc1[N+](=O)[O-]. The van der Waals surface area contributed by atoms with Crippen LogP contribution in [0.2, 0.25) is 0 Å². The Balaban J connectivity index is 1.67. The predicted molar refractivity (Wildman–Crippen MR) is 126 cm³/mol. The van der Waals surface area contributed by atoms with E-state index < -0.39 is 26.6 Å². The lowest BCUT2D eigenvalue weighted by Crippen LogP contribution is -2.18. The molecule has 12 heteroatoms. The fourth-order valence-electron chi connectivity index (χ4n) is 3.13. The first kappa shape index (κ1) is 23.3. The van der Waals surface area contributed by atoms with Gasteiger partial charge in [0.1, 0.15) is 11.5 Å². The maximum Gasteiger partial charge on any atom is 0.343 e. The van der Waals surface area contributed by atoms with Crippen LogP contribution in [0.25, 0.3) is 5.76 Å². The van der Waals surface area contributed by atoms with Crippen LogP contribution in [0.5, 0.6) is 17.2 Å². The van der Waals surface area contributed by atoms with E-state index in [1.165, 1.54) is 31.4 Å². The van der Waals surface area contributed by atoms with Crippen molar-refractivity contribution < 1.29 is 32.3 Å². The number of sulfonamides is 1. The Morgan fingerprint density at radius 1 is 1.06 bits per heavy atom. The molecule has 0 spiro atoms. The number of esters is 1. The molecule has 3 aromatic rings. The summed E-state index contributed by atoms with van der Waals surface area (Å²) in [5.74, 6) is -0.404. The summed E-state index contributed by atoms with van der Waals surface area (Å²) in [7, 11) is -2.69. The molecule has 0 radical (unpaired) electrons. The summed E-state index contributed by atoms with van der Waals surface area (Å²) in [6, 6.07) is 15.1. The number of benzene rings is 3. The van der Waals surface area contributed by atoms with Crippen molar-refractivity contribution in [1.29, 1.82) is 0 Å². The Labute approximate surface area is 202 Å². The van der Waals surface area contributed by atoms with Gasteiger partial charge in [-0.2, -0.15) is 0 Å². The van der Waals surface area contributed by atoms with Crippen molar-refractivity contribution in [3.63, 3.8) is 0 Å². The Kier molecular flexibility index (Phi) is 6.26. The third kappa shape index (κ3) is 5.02. The average Bonchev–Trinajstić information content (AvgIpc) is 2.78. The quantitative estimate of drug-likeness (QED) is 0.257. The van der Waals surface area contributed by atoms with E-state index >= 15 is 0 Å². The number of rotatable bonds is 6. The van der Waals surface area contributed by atoms with Gasteiger partial charge in [0.05, 0.1) is 28.7 Å². The van der Waals surface area contributed by atoms with Crippen molar-refractivity contribution in [2.45, 2.75) is 0 Å². The van der Waals surface area contributed by atoms with Crippen LogP contribution in [0, 0.1) is 10.1 Å². The minimum atomic E-state index is -3.95. The molecule has 0 aromatic heterocycles. The Morgan fingerprint density at radius 3 is 2.53 bits per heavy atom. The predicted octanol–water partition coefficient (Wildman–Crippen LogP) is 5.07. The van der Waals surface area contributed by atoms with Crippen LogP contribution in [-0.4, -0.2) is 26.4 Å². The molecule has 3 aromatic carbocycles. The van der Waals surface area contributed by atoms with E-state index in [-0.39, 0.29) is 28.3 Å². The molecule has 0 saturated heterocycles. The van der Waals surface area contributed by atoms with Gasteiger partial charge in [-0.15, -0.1) is 0 Å². The normalized spacial score (nSPS) is 13.6. The molecule has 0 fully saturated rings. The van der Waals surface area contributed by atoms with Gasteiger partial charge in [0.25, 0.3) is 10.0 Å². The fraction of sp³-hybridized carbons (Fsp3) is 0.0455. The third-order valence-corrected chi connectivity index (χ3v) is 6.14. The van der Waals surface area contributed by atoms with Gasteiger partial charge in [0.15, 0.2) is 11.5 Å². The molecule has 10 nitrogen and oxygen atoms in total. The maximum atomic E-state index is 12.7. The van der Waals surface area contributed by atoms with E-state index in [0.717, 1.165) is 15.9 Å². The summed E-state index contributed by atoms with van der Waals surface area (Å²) in [5.41, 5.74) is -0.173. The van der Waals surface area contributed by atoms with Crippen molar-refractivity contribution in [3.8, 4) is 17.2 Å². The van der Waals surface area contributed by atoms with Crippen molar-refractivity contribution >= 4 is 49.1 Å². The van der Waals surface area contributed by atoms with E-state index in [0.29, 0.717) is 11.5 Å². The number of hydrogen-bond donors (Lipinski definition) is 1. The maximum absolute atomic E-state index is 12.7. The molecule has 0 saturated carbocycles. The van der Waals surface area contributed by atoms with E-state index in [1.807, 2.05) is 6.07 Å². The van der Waals surface area contributed by atoms with E-state index in [9.17, 15) is 23.3 Å². The zero-order valence-electron chi connectivity index (χ0n) is 17.4. The van der Waals surface area contributed by atoms with Gasteiger partial charge in [0.2, 0.25) is 0 Å². The van der Waals surface area contributed by atoms with E-state index in [4.69, 9.17) is 14.2 Å². The number of carbonyl (C=O) groups is 1. The number of nitro groups is 1. The summed E-state index contributed by atoms with van der Waals surface area (Å²) in [4.78, 5) is 23.3. The summed E-state index contributed by atoms with van der Waals surface area (Å²) < 4.78 is 43.8. The molecular formula is C22H15BrN2O8S. The van der Waals surface area contributed by atoms with Gasteiger partial charge in [-0.3, -0.25) is 14.8 Å². The number of fused-ring (bicyclic) bond motifs is 1. The first-order valence-electron chi connectivity index (χ1n) is 9.52. The van der Waals surface area contributed by atoms with Crippen molar-refractivity contribution in [1.82, 2.24) is 0 Å². The van der Waals surface area contributed by atoms with Gasteiger partial charge in [-0.25, -0.2) is 13.2 Å². The minimum Gasteiger partial charge on any atom is -0.490 e. The smallest absolute Gasteiger partial charge is 0.343 e. The number of anilines is 1. The van der Waals surface area contributed by atoms with Crippen molar-refractivity contribution in [3.05, 3.63) is 91.8 Å². The number of nitrogens with zero attached hydrogens (tertiary/aromatic N) is 1. The zero-order chi connectivity index (χ0) is 24.5. The van der Waals surface area contributed by atoms with Crippen LogP contribution >= 0.6 is 15.9 Å². The number of hydrogen-bond acceptors (Lipinski definition) is 8. The minimum absolute atomic E-state index is 0.0371. The second kappa shape index (κ2) is 9.15. The largest absolute Gasteiger partial charge is 0.490 e. The molecule has 0 aliphatic carbocycles. The lowest BCUT2D eigenvalue weighted by Gasteiger charge is -2.20. The van der Waals surface area contributed by atoms with Crippen LogP contribution in [0.4, 0.5) is 11.4 Å². The monoisotopic (exact) mass is 546 g/mol. The lowest BCUT2D eigenvalue weighted by molar-refractivity contribution is -0.385. The highest BCUT2D eigenvalue weighted by atomic mass is 79.9. The summed E-state index contributed by atoms with van der Waals surface area (Å²) in [5, 5.41) is 12.0. The highest BCUT2D eigenvalue weighted by Gasteiger charge is 2.27. The fourth-order valence-corrected chi connectivity index (χ4v) is 4.51. The summed E-state index contributed by atoms with van der Waals surface area (Å²) in [6.07, 6.45) is 0. The van der Waals surface area contributed by atoms with E-state index in [1.54, 1.807) is 24.3 Å². The Morgan fingerprint density at radius 2 is 1.82 bits per heavy atom. The number of nitro benzene ring substituents is 1. The molecule has 0 atom stereocenters. The van der Waals surface area contributed by atoms with Gasteiger partial charge < -0.3 is 14.2 Å². The Bertz CT molecular complexity index is 1450. The highest BCUT2D eigenvalue weighted by molar-refractivity contribution is 9.10. The van der Waals surface area contributed by atoms with Crippen LogP contribution in [0.1, 0.15) is 15.9 Å². The summed E-state index contributed by atoms with van der Waals surface area (Å²) in [6.45, 7) is 0. The topological polar surface area (TPSA) is 134 Å². The molecular weight excluding hydrogens is 532 g/mol. The molecule has 4 rings (SSSR count). The number of halogens is 1. The molecule has 0 unspecified atom stereocenters. The zero-order valence-corrected chi connectivity index (χ0v) is 19.8. The first-order valence-corrected chi connectivity index (χ1v) is 11.9. The molecule has 0 bridgehead atoms. The number of ether oxygens (including phenoxy) is 3. The third-order valence-electron chi connectivity index (χ3n) is 4.62. The molecule has 174 valence electrons. The molecule has 1 N–H and O–H groups in total. The van der Waals surface area contributed by atoms with Crippen LogP contribution in [0.3, 0.4) is 0 Å². The second-order valence-electron chi connectivity index (χ2n) is 6.93. The van der Waals surface area contributed by atoms with Gasteiger partial charge >= 0.3 is 11.7 Å². The van der Waals surface area contributed by atoms with Gasteiger partial charge in [-0.05, 0) is 48.5 Å². The first-order chi connectivity index (χ1) is 16.1. The Hall–Kier alpha value is -3.90. The number of carbonyl (C=O) groups excluding carboxylic acids is 1. The van der Waals surface area contributed by atoms with Crippen LogP contribution in [-0.2, 0) is 14.8 Å². The number of methoxy groups -OCH3 is 1. The number of nitrogens with one attached hydrogen (secondary N) is 1. The standard InChI is InChI=1S/C22H15BrN2O8S/c1-31-20-8-5-13(9-19(20)25(27)28)22(26)33-21-12-34(29,30)24-18-7-6-16(11-17(18)21)32-15-4-2-3-14(23)10-15/h2-12,24H,1H3. The average molecular weight is 547 g/mol. The highest BCUT2D eigenvalue weighted by Crippen LogP contribution is 2.36. The molecule has 1 heterocycles. The second-order valence-corrected chi connectivity index (χ2v) is 9.37.